The standard InChI is InChI=1S/C6H11.FH.Mg/c1-2-4-6-5-3-1;;/h1H,2-6H2;1H;/q;;+1/p-1. The van der Waals surface area contributed by atoms with Gasteiger partial charge in [0.05, 0.1) is 0 Å². The summed E-state index contributed by atoms with van der Waals surface area (Å²) < 4.78 is 12.6. The first-order valence-electron chi connectivity index (χ1n) is 3.49. The van der Waals surface area contributed by atoms with Crippen LogP contribution in [0.4, 0.5) is 2.96 Å². The first-order valence-corrected chi connectivity index (χ1v) is 4.84. The van der Waals surface area contributed by atoms with E-state index in [0.29, 0.717) is 4.05 Å². The molecular formula is C6H11FMg. The fourth-order valence-corrected chi connectivity index (χ4v) is 2.23. The number of rotatable bonds is 1. The van der Waals surface area contributed by atoms with Gasteiger partial charge in [-0.05, 0) is 0 Å². The molecule has 0 aromatic heterocycles. The van der Waals surface area contributed by atoms with Crippen LogP contribution in [0.3, 0.4) is 0 Å². The lowest BCUT2D eigenvalue weighted by atomic mass is 10.00. The molecule has 0 amide bonds. The van der Waals surface area contributed by atoms with Crippen LogP contribution in [-0.4, -0.2) is 20.9 Å². The van der Waals surface area contributed by atoms with E-state index in [2.05, 4.69) is 0 Å². The maximum absolute atomic E-state index is 12.0. The van der Waals surface area contributed by atoms with Gasteiger partial charge in [-0.3, -0.25) is 0 Å². The Hall–Kier alpha value is 0.696. The van der Waals surface area contributed by atoms with Crippen LogP contribution < -0.4 is 0 Å². The van der Waals surface area contributed by atoms with Crippen LogP contribution in [0.5, 0.6) is 0 Å². The molecule has 0 unspecified atom stereocenters. The van der Waals surface area contributed by atoms with Crippen molar-refractivity contribution in [3.05, 3.63) is 0 Å². The Kier molecular flexibility index (Phi) is 3.13. The van der Waals surface area contributed by atoms with Crippen LogP contribution in [-0.2, 0) is 0 Å². The van der Waals surface area contributed by atoms with Gasteiger partial charge in [-0.15, -0.1) is 0 Å². The molecule has 44 valence electrons. The van der Waals surface area contributed by atoms with Crippen molar-refractivity contribution in [2.24, 2.45) is 0 Å². The van der Waals surface area contributed by atoms with Crippen LogP contribution in [0.25, 0.3) is 0 Å². The summed E-state index contributed by atoms with van der Waals surface area (Å²) in [6.07, 6.45) is 6.33. The smallest absolute Gasteiger partial charge is 0.486 e. The normalized spacial score (nSPS) is 22.6. The molecule has 1 saturated carbocycles. The molecule has 1 rings (SSSR count). The molecule has 0 radical (unpaired) electrons. The van der Waals surface area contributed by atoms with Gasteiger partial charge >= 0.3 is 20.9 Å². The van der Waals surface area contributed by atoms with Crippen molar-refractivity contribution in [3.63, 3.8) is 0 Å². The topological polar surface area (TPSA) is 0 Å². The van der Waals surface area contributed by atoms with E-state index in [1.165, 1.54) is 32.1 Å². The summed E-state index contributed by atoms with van der Waals surface area (Å²) in [5.41, 5.74) is 0. The van der Waals surface area contributed by atoms with E-state index in [4.69, 9.17) is 0 Å². The van der Waals surface area contributed by atoms with Crippen molar-refractivity contribution in [2.45, 2.75) is 36.2 Å². The van der Waals surface area contributed by atoms with Gasteiger partial charge in [-0.25, -0.2) is 0 Å². The van der Waals surface area contributed by atoms with Gasteiger partial charge in [0.25, 0.3) is 0 Å². The maximum Gasteiger partial charge on any atom is 0.618 e. The zero-order valence-electron chi connectivity index (χ0n) is 5.20. The fraction of sp³-hybridized carbons (Fsp3) is 1.00. The van der Waals surface area contributed by atoms with E-state index in [1.807, 2.05) is 0 Å². The molecular weight excluding hydrogens is 115 g/mol. The Morgan fingerprint density at radius 2 is 1.75 bits per heavy atom. The molecule has 1 aliphatic carbocycles. The molecule has 0 atom stereocenters. The summed E-state index contributed by atoms with van der Waals surface area (Å²) in [6, 6.07) is 0. The van der Waals surface area contributed by atoms with E-state index < -0.39 is 20.9 Å². The average molecular weight is 126 g/mol. The monoisotopic (exact) mass is 126 g/mol. The summed E-state index contributed by atoms with van der Waals surface area (Å²) in [5.74, 6) is 0. The highest BCUT2D eigenvalue weighted by Crippen LogP contribution is 2.27. The molecule has 2 heteroatoms. The van der Waals surface area contributed by atoms with Crippen molar-refractivity contribution in [1.29, 1.82) is 0 Å². The van der Waals surface area contributed by atoms with Gasteiger partial charge in [-0.2, -0.15) is 0 Å². The molecule has 0 heterocycles. The zero-order valence-corrected chi connectivity index (χ0v) is 6.61. The van der Waals surface area contributed by atoms with Crippen LogP contribution in [0.15, 0.2) is 0 Å². The number of hydrogen-bond acceptors (Lipinski definition) is 0. The Morgan fingerprint density at radius 1 is 1.12 bits per heavy atom. The molecule has 0 nitrogen and oxygen atoms in total. The highest BCUT2D eigenvalue weighted by molar-refractivity contribution is 6.28. The van der Waals surface area contributed by atoms with Crippen LogP contribution in [0, 0.1) is 0 Å². The molecule has 1 fully saturated rings. The summed E-state index contributed by atoms with van der Waals surface area (Å²) in [5, 5.41) is 0. The van der Waals surface area contributed by atoms with Gasteiger partial charge in [0.2, 0.25) is 0 Å². The third-order valence-corrected chi connectivity index (χ3v) is 3.20. The van der Waals surface area contributed by atoms with Crippen LogP contribution >= 0.6 is 0 Å². The molecule has 8 heavy (non-hydrogen) atoms. The van der Waals surface area contributed by atoms with E-state index in [9.17, 15) is 2.96 Å². The van der Waals surface area contributed by atoms with Gasteiger partial charge in [0.15, 0.2) is 0 Å². The van der Waals surface area contributed by atoms with Crippen molar-refractivity contribution in [1.82, 2.24) is 0 Å². The summed E-state index contributed by atoms with van der Waals surface area (Å²) in [4.78, 5) is 0. The first-order chi connectivity index (χ1) is 3.93. The molecule has 0 spiro atoms. The largest absolute Gasteiger partial charge is 0.618 e. The summed E-state index contributed by atoms with van der Waals surface area (Å²) in [6.45, 7) is 0. The molecule has 0 aromatic rings. The Labute approximate surface area is 60.3 Å². The summed E-state index contributed by atoms with van der Waals surface area (Å²) in [7, 11) is 0. The molecule has 0 aliphatic heterocycles. The van der Waals surface area contributed by atoms with Crippen molar-refractivity contribution < 1.29 is 2.96 Å². The number of hydrogen-bond donors (Lipinski definition) is 0. The predicted molar refractivity (Wildman–Crippen MR) is 33.7 cm³/mol. The minimum absolute atomic E-state index is 0.559. The number of halogens is 1. The molecule has 0 bridgehead atoms. The van der Waals surface area contributed by atoms with Crippen molar-refractivity contribution in [3.8, 4) is 0 Å². The second-order valence-electron chi connectivity index (χ2n) is 2.66. The average Bonchev–Trinajstić information content (AvgIpc) is 1.90. The van der Waals surface area contributed by atoms with Gasteiger partial charge in [0.1, 0.15) is 0 Å². The summed E-state index contributed by atoms with van der Waals surface area (Å²) >= 11 is -1.13. The molecule has 0 aromatic carbocycles. The highest BCUT2D eigenvalue weighted by Gasteiger charge is 2.16. The van der Waals surface area contributed by atoms with Gasteiger partial charge in [0, 0.05) is 0 Å². The van der Waals surface area contributed by atoms with Crippen LogP contribution in [0.1, 0.15) is 32.1 Å². The predicted octanol–water partition coefficient (Wildman–Crippen LogP) is 2.33. The quantitative estimate of drug-likeness (QED) is 0.473. The van der Waals surface area contributed by atoms with E-state index in [1.54, 1.807) is 0 Å². The molecule has 0 N–H and O–H groups in total. The zero-order chi connectivity index (χ0) is 5.82. The molecule has 1 aliphatic rings. The lowest BCUT2D eigenvalue weighted by molar-refractivity contribution is 0.489. The third kappa shape index (κ3) is 1.90. The third-order valence-electron chi connectivity index (χ3n) is 1.94. The van der Waals surface area contributed by atoms with Gasteiger partial charge < -0.3 is 2.96 Å². The van der Waals surface area contributed by atoms with E-state index in [0.717, 1.165) is 0 Å². The second-order valence-corrected chi connectivity index (χ2v) is 4.12. The Balaban J connectivity index is 2.13. The Morgan fingerprint density at radius 3 is 2.12 bits per heavy atom. The first kappa shape index (κ1) is 6.81. The second kappa shape index (κ2) is 3.67. The minimum atomic E-state index is -1.13. The SMILES string of the molecule is [F][Mg][CH]1CCCCC1. The highest BCUT2D eigenvalue weighted by atomic mass is 24.6. The van der Waals surface area contributed by atoms with E-state index in [-0.39, 0.29) is 0 Å². The minimum Gasteiger partial charge on any atom is -0.486 e. The fourth-order valence-electron chi connectivity index (χ4n) is 1.34. The van der Waals surface area contributed by atoms with Crippen molar-refractivity contribution >= 4 is 20.9 Å². The Bertz CT molecular complexity index is 59.5. The van der Waals surface area contributed by atoms with Crippen molar-refractivity contribution in [2.75, 3.05) is 0 Å². The van der Waals surface area contributed by atoms with Crippen LogP contribution in [0.2, 0.25) is 4.05 Å². The maximum atomic E-state index is 12.0. The van der Waals surface area contributed by atoms with Gasteiger partial charge in [-0.1, -0.05) is 36.2 Å². The van der Waals surface area contributed by atoms with E-state index >= 15 is 0 Å². The lowest BCUT2D eigenvalue weighted by Crippen LogP contribution is -2.03. The lowest BCUT2D eigenvalue weighted by Gasteiger charge is -2.16. The molecule has 0 saturated heterocycles.